The lowest BCUT2D eigenvalue weighted by Gasteiger charge is -2.42. The van der Waals surface area contributed by atoms with Crippen molar-refractivity contribution in [2.75, 3.05) is 19.5 Å². The molecule has 0 radical (unpaired) electrons. The number of ether oxygens (including phenoxy) is 3. The summed E-state index contributed by atoms with van der Waals surface area (Å²) in [7, 11) is 5.69. The van der Waals surface area contributed by atoms with E-state index in [-0.39, 0.29) is 57.0 Å². The number of phenols is 1. The predicted molar refractivity (Wildman–Crippen MR) is 149 cm³/mol. The Morgan fingerprint density at radius 1 is 1.02 bits per heavy atom. The van der Waals surface area contributed by atoms with Gasteiger partial charge in [0.05, 0.1) is 19.8 Å². The summed E-state index contributed by atoms with van der Waals surface area (Å²) < 4.78 is 19.4. The number of carbonyl (C=O) groups is 2. The first-order valence-corrected chi connectivity index (χ1v) is 13.2. The molecule has 2 aliphatic heterocycles. The van der Waals surface area contributed by atoms with Crippen LogP contribution in [0.25, 0.3) is 0 Å². The van der Waals surface area contributed by atoms with Crippen molar-refractivity contribution in [3.8, 4) is 23.0 Å². The van der Waals surface area contributed by atoms with Gasteiger partial charge in [-0.05, 0) is 24.1 Å². The second kappa shape index (κ2) is 9.00. The number of carbonyl (C=O) groups excluding carboxylic acids is 2. The molecule has 1 aliphatic carbocycles. The van der Waals surface area contributed by atoms with Gasteiger partial charge in [0.1, 0.15) is 33.7 Å². The molecule has 41 heavy (non-hydrogen) atoms. The van der Waals surface area contributed by atoms with Gasteiger partial charge in [-0.3, -0.25) is 23.5 Å². The molecule has 3 atom stereocenters. The summed E-state index contributed by atoms with van der Waals surface area (Å²) in [6, 6.07) is 7.54. The molecule has 11 nitrogen and oxygen atoms in total. The smallest absolute Gasteiger partial charge is 0.332 e. The van der Waals surface area contributed by atoms with Crippen LogP contribution < -0.4 is 30.8 Å². The Bertz CT molecular complexity index is 1840. The number of fused-ring (bicyclic) bond motifs is 2. The van der Waals surface area contributed by atoms with Crippen molar-refractivity contribution in [3.63, 3.8) is 0 Å². The number of hydrogen-bond donors (Lipinski definition) is 2. The third-order valence-corrected chi connectivity index (χ3v) is 8.66. The lowest BCUT2D eigenvalue weighted by molar-refractivity contribution is -0.130. The molecule has 12 heteroatoms. The molecule has 6 rings (SSSR count). The molecule has 0 saturated carbocycles. The normalized spacial score (nSPS) is 22.6. The number of aromatic hydroxyl groups is 1. The van der Waals surface area contributed by atoms with Crippen LogP contribution in [0.1, 0.15) is 40.7 Å². The Labute approximate surface area is 238 Å². The van der Waals surface area contributed by atoms with Gasteiger partial charge in [0.15, 0.2) is 5.75 Å². The molecule has 3 aromatic rings. The number of methoxy groups -OCH3 is 2. The van der Waals surface area contributed by atoms with Crippen LogP contribution in [-0.2, 0) is 18.9 Å². The summed E-state index contributed by atoms with van der Waals surface area (Å²) in [6.45, 7) is 1.72. The maximum Gasteiger partial charge on any atom is 0.332 e. The van der Waals surface area contributed by atoms with E-state index in [4.69, 9.17) is 25.8 Å². The zero-order chi connectivity index (χ0) is 29.5. The fourth-order valence-corrected chi connectivity index (χ4v) is 6.45. The third kappa shape index (κ3) is 3.38. The average molecular weight is 580 g/mol. The van der Waals surface area contributed by atoms with Crippen molar-refractivity contribution < 1.29 is 28.9 Å². The van der Waals surface area contributed by atoms with Gasteiger partial charge in [0, 0.05) is 43.3 Å². The minimum atomic E-state index is -2.00. The summed E-state index contributed by atoms with van der Waals surface area (Å²) in [5, 5.41) is 13.2. The molecule has 2 aromatic carbocycles. The van der Waals surface area contributed by atoms with Gasteiger partial charge in [0.25, 0.3) is 5.56 Å². The highest BCUT2D eigenvalue weighted by Gasteiger charge is 2.63. The SMILES string of the molecule is COc1cc(OC)c2c(c1Cl)O[C@@]1(C(=O)C3=C(C[C@H]1C)Nc1c(c(=O)n(C)c(=O)n1C)C3c1ccc(O)cc1)C2=O. The second-order valence-electron chi connectivity index (χ2n) is 10.4. The van der Waals surface area contributed by atoms with Crippen LogP contribution >= 0.6 is 11.6 Å². The lowest BCUT2D eigenvalue weighted by atomic mass is 9.66. The summed E-state index contributed by atoms with van der Waals surface area (Å²) in [5.74, 6) is -2.32. The van der Waals surface area contributed by atoms with Crippen LogP contribution in [0, 0.1) is 5.92 Å². The molecule has 2 N–H and O–H groups in total. The van der Waals surface area contributed by atoms with Crippen molar-refractivity contribution >= 4 is 29.0 Å². The largest absolute Gasteiger partial charge is 0.508 e. The van der Waals surface area contributed by atoms with Crippen molar-refractivity contribution in [2.45, 2.75) is 24.9 Å². The summed E-state index contributed by atoms with van der Waals surface area (Å²) >= 11 is 6.57. The maximum atomic E-state index is 14.8. The van der Waals surface area contributed by atoms with E-state index in [1.807, 2.05) is 0 Å². The van der Waals surface area contributed by atoms with Gasteiger partial charge in [-0.2, -0.15) is 0 Å². The Balaban J connectivity index is 1.61. The Morgan fingerprint density at radius 3 is 2.32 bits per heavy atom. The number of nitrogens with zero attached hydrogens (tertiary/aromatic N) is 2. The number of anilines is 1. The van der Waals surface area contributed by atoms with E-state index in [2.05, 4.69) is 5.32 Å². The van der Waals surface area contributed by atoms with E-state index in [0.717, 1.165) is 4.57 Å². The molecular formula is C29H26ClN3O8. The van der Waals surface area contributed by atoms with Gasteiger partial charge in [0.2, 0.25) is 17.2 Å². The van der Waals surface area contributed by atoms with Crippen molar-refractivity contribution in [3.05, 3.63) is 84.2 Å². The van der Waals surface area contributed by atoms with Crippen LogP contribution in [-0.4, -0.2) is 45.6 Å². The zero-order valence-corrected chi connectivity index (χ0v) is 23.6. The van der Waals surface area contributed by atoms with Gasteiger partial charge >= 0.3 is 5.69 Å². The van der Waals surface area contributed by atoms with Crippen LogP contribution in [0.15, 0.2) is 51.2 Å². The van der Waals surface area contributed by atoms with Crippen molar-refractivity contribution in [1.82, 2.24) is 9.13 Å². The van der Waals surface area contributed by atoms with Crippen molar-refractivity contribution in [1.29, 1.82) is 0 Å². The molecule has 0 amide bonds. The van der Waals surface area contributed by atoms with Gasteiger partial charge in [-0.15, -0.1) is 0 Å². The number of allylic oxidation sites excluding steroid dienone is 1. The van der Waals surface area contributed by atoms with E-state index in [1.54, 1.807) is 19.1 Å². The Hall–Kier alpha value is -4.51. The third-order valence-electron chi connectivity index (χ3n) is 8.30. The number of rotatable bonds is 3. The fourth-order valence-electron chi connectivity index (χ4n) is 6.19. The van der Waals surface area contributed by atoms with Gasteiger partial charge < -0.3 is 24.6 Å². The average Bonchev–Trinajstić information content (AvgIpc) is 3.28. The van der Waals surface area contributed by atoms with Gasteiger partial charge in [-0.25, -0.2) is 4.79 Å². The molecule has 3 aliphatic rings. The van der Waals surface area contributed by atoms with E-state index in [1.165, 1.54) is 51.1 Å². The first kappa shape index (κ1) is 26.7. The molecule has 1 spiro atoms. The number of ketones is 2. The molecule has 1 aromatic heterocycles. The number of Topliss-reactive ketones (excluding diaryl/α,β-unsaturated/α-hetero) is 2. The fraction of sp³-hybridized carbons (Fsp3) is 0.310. The quantitative estimate of drug-likeness (QED) is 0.448. The molecular weight excluding hydrogens is 554 g/mol. The highest BCUT2D eigenvalue weighted by molar-refractivity contribution is 6.36. The van der Waals surface area contributed by atoms with E-state index < -0.39 is 40.3 Å². The first-order chi connectivity index (χ1) is 19.5. The number of nitrogens with one attached hydrogen (secondary N) is 1. The molecule has 3 heterocycles. The van der Waals surface area contributed by atoms with Crippen LogP contribution in [0.2, 0.25) is 5.02 Å². The maximum absolute atomic E-state index is 14.8. The molecule has 212 valence electrons. The monoisotopic (exact) mass is 579 g/mol. The number of phenolic OH excluding ortho intramolecular Hbond substituents is 1. The van der Waals surface area contributed by atoms with Crippen molar-refractivity contribution in [2.24, 2.45) is 20.0 Å². The molecule has 0 saturated heterocycles. The van der Waals surface area contributed by atoms with E-state index >= 15 is 0 Å². The number of benzene rings is 2. The molecule has 0 fully saturated rings. The number of aromatic nitrogens is 2. The highest BCUT2D eigenvalue weighted by Crippen LogP contribution is 2.56. The summed E-state index contributed by atoms with van der Waals surface area (Å²) in [6.07, 6.45) is 0.176. The van der Waals surface area contributed by atoms with E-state index in [9.17, 15) is 24.3 Å². The lowest BCUT2D eigenvalue weighted by Crippen LogP contribution is -2.58. The Kier molecular flexibility index (Phi) is 5.86. The predicted octanol–water partition coefficient (Wildman–Crippen LogP) is 2.89. The van der Waals surface area contributed by atoms with Crippen LogP contribution in [0.5, 0.6) is 23.0 Å². The molecule has 0 bridgehead atoms. The summed E-state index contributed by atoms with van der Waals surface area (Å²) in [5.41, 5.74) is -1.83. The van der Waals surface area contributed by atoms with Crippen LogP contribution in [0.3, 0.4) is 0 Å². The standard InChI is InChI=1S/C29H26ClN3O8/c1-12-10-15-19(24(35)29(12)25(36)20-16(39-4)11-17(40-5)22(30)23(20)41-29)18(13-6-8-14(34)9-7-13)21-26(31-15)32(2)28(38)33(3)27(21)37/h6-9,11-12,18,31,34H,10H2,1-5H3/t12-,18?,29+/m1/s1. The summed E-state index contributed by atoms with van der Waals surface area (Å²) in [4.78, 5) is 55.4. The van der Waals surface area contributed by atoms with Crippen LogP contribution in [0.4, 0.5) is 5.82 Å². The van der Waals surface area contributed by atoms with E-state index in [0.29, 0.717) is 11.3 Å². The highest BCUT2D eigenvalue weighted by atomic mass is 35.5. The molecule has 1 unspecified atom stereocenters. The minimum absolute atomic E-state index is 0.00836. The van der Waals surface area contributed by atoms with Gasteiger partial charge in [-0.1, -0.05) is 30.7 Å². The number of hydrogen-bond acceptors (Lipinski definition) is 9. The first-order valence-electron chi connectivity index (χ1n) is 12.8. The topological polar surface area (TPSA) is 138 Å². The number of halogens is 1. The second-order valence-corrected chi connectivity index (χ2v) is 10.8. The Morgan fingerprint density at radius 2 is 1.68 bits per heavy atom. The minimum Gasteiger partial charge on any atom is -0.508 e. The zero-order valence-electron chi connectivity index (χ0n) is 22.8.